The average molecular weight is 356 g/mol. The first kappa shape index (κ1) is 16.7. The summed E-state index contributed by atoms with van der Waals surface area (Å²) in [6.45, 7) is 3.74. The van der Waals surface area contributed by atoms with Gasteiger partial charge in [0.1, 0.15) is 11.5 Å². The molecule has 3 rings (SSSR count). The minimum absolute atomic E-state index is 0.547. The molecular weight excluding hydrogens is 340 g/mol. The van der Waals surface area contributed by atoms with Crippen LogP contribution in [-0.2, 0) is 0 Å². The summed E-state index contributed by atoms with van der Waals surface area (Å²) in [6, 6.07) is 11.4. The number of benzene rings is 1. The van der Waals surface area contributed by atoms with Gasteiger partial charge in [-0.15, -0.1) is 25.3 Å². The van der Waals surface area contributed by atoms with Gasteiger partial charge in [0, 0.05) is 23.6 Å². The third-order valence-electron chi connectivity index (χ3n) is 3.29. The molecule has 0 bridgehead atoms. The Kier molecular flexibility index (Phi) is 4.97. The molecule has 2 heterocycles. The van der Waals surface area contributed by atoms with Crippen molar-refractivity contribution in [3.05, 3.63) is 59.0 Å². The first-order valence-corrected chi connectivity index (χ1v) is 8.18. The van der Waals surface area contributed by atoms with Gasteiger partial charge in [0.2, 0.25) is 0 Å². The van der Waals surface area contributed by atoms with Crippen LogP contribution in [0.3, 0.4) is 0 Å². The highest BCUT2D eigenvalue weighted by Gasteiger charge is 2.05. The van der Waals surface area contributed by atoms with Crippen LogP contribution < -0.4 is 0 Å². The molecule has 0 fully saturated rings. The Morgan fingerprint density at radius 1 is 0.792 bits per heavy atom. The van der Waals surface area contributed by atoms with E-state index < -0.39 is 0 Å². The molecule has 0 aliphatic heterocycles. The predicted molar refractivity (Wildman–Crippen MR) is 102 cm³/mol. The molecule has 6 heteroatoms. The highest BCUT2D eigenvalue weighted by molar-refractivity contribution is 7.80. The lowest BCUT2D eigenvalue weighted by atomic mass is 10.2. The summed E-state index contributed by atoms with van der Waals surface area (Å²) in [5, 5.41) is 1.09. The van der Waals surface area contributed by atoms with Gasteiger partial charge in [-0.25, -0.2) is 0 Å². The summed E-state index contributed by atoms with van der Waals surface area (Å²) >= 11 is 8.57. The fraction of sp³-hybridized carbons (Fsp3) is 0.111. The van der Waals surface area contributed by atoms with Crippen molar-refractivity contribution in [2.45, 2.75) is 24.0 Å². The Labute approximate surface area is 151 Å². The van der Waals surface area contributed by atoms with Crippen molar-refractivity contribution in [2.24, 2.45) is 9.98 Å². The van der Waals surface area contributed by atoms with Crippen LogP contribution in [0.15, 0.2) is 65.4 Å². The monoisotopic (exact) mass is 356 g/mol. The van der Waals surface area contributed by atoms with Crippen molar-refractivity contribution in [3.8, 4) is 0 Å². The maximum atomic E-state index is 5.38. The van der Waals surface area contributed by atoms with Gasteiger partial charge in [0.25, 0.3) is 0 Å². The Hall–Kier alpha value is -2.18. The van der Waals surface area contributed by atoms with Crippen LogP contribution in [0.4, 0.5) is 11.4 Å². The van der Waals surface area contributed by atoms with Gasteiger partial charge >= 0.3 is 0 Å². The summed E-state index contributed by atoms with van der Waals surface area (Å²) in [5.41, 5.74) is 3.16. The van der Waals surface area contributed by atoms with E-state index in [1.54, 1.807) is 12.4 Å². The fourth-order valence-electron chi connectivity index (χ4n) is 2.19. The molecule has 0 saturated heterocycles. The molecular formula is C18H16N2O2S2. The Morgan fingerprint density at radius 2 is 1.21 bits per heavy atom. The summed E-state index contributed by atoms with van der Waals surface area (Å²) in [7, 11) is 0. The van der Waals surface area contributed by atoms with Crippen molar-refractivity contribution in [2.75, 3.05) is 0 Å². The average Bonchev–Trinajstić information content (AvgIpc) is 3.04. The van der Waals surface area contributed by atoms with Crippen LogP contribution in [0.5, 0.6) is 0 Å². The summed E-state index contributed by atoms with van der Waals surface area (Å²) < 4.78 is 10.8. The number of para-hydroxylation sites is 2. The highest BCUT2D eigenvalue weighted by Crippen LogP contribution is 2.28. The topological polar surface area (TPSA) is 51.0 Å². The van der Waals surface area contributed by atoms with Crippen LogP contribution in [0.2, 0.25) is 0 Å². The van der Waals surface area contributed by atoms with Gasteiger partial charge in [0.05, 0.1) is 11.4 Å². The van der Waals surface area contributed by atoms with Crippen LogP contribution in [0, 0.1) is 13.8 Å². The standard InChI is InChI=1S/C18H16N2O2S2/c1-11-7-13(17(23)21-11)9-19-15-5-3-4-6-16(15)20-10-14-8-12(2)22-18(14)24/h3-10,23-24H,1-2H3. The minimum atomic E-state index is 0.547. The molecule has 1 aromatic carbocycles. The maximum Gasteiger partial charge on any atom is 0.166 e. The van der Waals surface area contributed by atoms with E-state index in [1.807, 2.05) is 50.2 Å². The molecule has 0 radical (unpaired) electrons. The molecule has 0 N–H and O–H groups in total. The third-order valence-corrected chi connectivity index (χ3v) is 3.99. The van der Waals surface area contributed by atoms with Crippen molar-refractivity contribution in [1.82, 2.24) is 0 Å². The smallest absolute Gasteiger partial charge is 0.166 e. The summed E-state index contributed by atoms with van der Waals surface area (Å²) in [5.74, 6) is 1.59. The SMILES string of the molecule is Cc1cc(C=Nc2ccccc2N=Cc2cc(C)oc2S)c(S)o1. The van der Waals surface area contributed by atoms with E-state index in [2.05, 4.69) is 35.2 Å². The fourth-order valence-corrected chi connectivity index (χ4v) is 2.72. The number of furan rings is 2. The van der Waals surface area contributed by atoms with E-state index in [4.69, 9.17) is 8.83 Å². The molecule has 3 aromatic rings. The lowest BCUT2D eigenvalue weighted by Crippen LogP contribution is -1.79. The van der Waals surface area contributed by atoms with Crippen molar-refractivity contribution in [1.29, 1.82) is 0 Å². The normalized spacial score (nSPS) is 11.8. The van der Waals surface area contributed by atoms with E-state index in [0.717, 1.165) is 34.0 Å². The summed E-state index contributed by atoms with van der Waals surface area (Å²) in [4.78, 5) is 9.00. The molecule has 2 aromatic heterocycles. The maximum absolute atomic E-state index is 5.38. The second kappa shape index (κ2) is 7.15. The Bertz CT molecular complexity index is 848. The molecule has 0 atom stereocenters. The van der Waals surface area contributed by atoms with E-state index >= 15 is 0 Å². The van der Waals surface area contributed by atoms with E-state index in [-0.39, 0.29) is 0 Å². The quantitative estimate of drug-likeness (QED) is 0.474. The third kappa shape index (κ3) is 3.83. The van der Waals surface area contributed by atoms with Crippen molar-refractivity contribution in [3.63, 3.8) is 0 Å². The molecule has 0 amide bonds. The summed E-state index contributed by atoms with van der Waals surface area (Å²) in [6.07, 6.45) is 3.44. The van der Waals surface area contributed by atoms with Gasteiger partial charge in [-0.05, 0) is 38.1 Å². The number of aryl methyl sites for hydroxylation is 2. The molecule has 0 aliphatic carbocycles. The number of aliphatic imine (C=N–C) groups is 2. The molecule has 0 aliphatic rings. The first-order valence-electron chi connectivity index (χ1n) is 7.29. The van der Waals surface area contributed by atoms with Gasteiger partial charge < -0.3 is 8.83 Å². The molecule has 4 nitrogen and oxygen atoms in total. The minimum Gasteiger partial charge on any atom is -0.455 e. The second-order valence-electron chi connectivity index (χ2n) is 5.24. The molecule has 24 heavy (non-hydrogen) atoms. The lowest BCUT2D eigenvalue weighted by molar-refractivity contribution is 0.449. The zero-order chi connectivity index (χ0) is 17.1. The van der Waals surface area contributed by atoms with E-state index in [1.165, 1.54) is 0 Å². The Morgan fingerprint density at radius 3 is 1.54 bits per heavy atom. The predicted octanol–water partition coefficient (Wildman–Crippen LogP) is 5.57. The second-order valence-corrected chi connectivity index (χ2v) is 6.05. The van der Waals surface area contributed by atoms with Crippen LogP contribution in [-0.4, -0.2) is 12.4 Å². The van der Waals surface area contributed by atoms with Crippen LogP contribution in [0.25, 0.3) is 0 Å². The molecule has 122 valence electrons. The van der Waals surface area contributed by atoms with Crippen LogP contribution in [0.1, 0.15) is 22.6 Å². The first-order chi connectivity index (χ1) is 11.5. The van der Waals surface area contributed by atoms with E-state index in [9.17, 15) is 0 Å². The molecule has 0 spiro atoms. The zero-order valence-corrected chi connectivity index (χ0v) is 15.0. The van der Waals surface area contributed by atoms with Gasteiger partial charge in [-0.3, -0.25) is 9.98 Å². The molecule has 0 saturated carbocycles. The zero-order valence-electron chi connectivity index (χ0n) is 13.2. The largest absolute Gasteiger partial charge is 0.455 e. The Balaban J connectivity index is 1.88. The molecule has 0 unspecified atom stereocenters. The number of thiol groups is 2. The van der Waals surface area contributed by atoms with Crippen molar-refractivity contribution < 1.29 is 8.83 Å². The number of hydrogen-bond donors (Lipinski definition) is 2. The lowest BCUT2D eigenvalue weighted by Gasteiger charge is -1.99. The van der Waals surface area contributed by atoms with Gasteiger partial charge in [0.15, 0.2) is 10.2 Å². The van der Waals surface area contributed by atoms with Gasteiger partial charge in [-0.1, -0.05) is 12.1 Å². The number of nitrogens with zero attached hydrogens (tertiary/aromatic N) is 2. The van der Waals surface area contributed by atoms with Gasteiger partial charge in [-0.2, -0.15) is 0 Å². The van der Waals surface area contributed by atoms with Crippen molar-refractivity contribution >= 4 is 49.1 Å². The number of rotatable bonds is 4. The highest BCUT2D eigenvalue weighted by atomic mass is 32.1. The van der Waals surface area contributed by atoms with Crippen LogP contribution >= 0.6 is 25.3 Å². The number of hydrogen-bond acceptors (Lipinski definition) is 6. The van der Waals surface area contributed by atoms with E-state index in [0.29, 0.717) is 10.2 Å².